The lowest BCUT2D eigenvalue weighted by Gasteiger charge is -2.16. The van der Waals surface area contributed by atoms with Crippen LogP contribution in [0.25, 0.3) is 0 Å². The maximum absolute atomic E-state index is 5.73. The highest BCUT2D eigenvalue weighted by Crippen LogP contribution is 2.27. The van der Waals surface area contributed by atoms with Gasteiger partial charge in [-0.2, -0.15) is 11.3 Å². The first-order chi connectivity index (χ1) is 8.70. The van der Waals surface area contributed by atoms with Gasteiger partial charge < -0.3 is 15.8 Å². The van der Waals surface area contributed by atoms with Gasteiger partial charge >= 0.3 is 0 Å². The van der Waals surface area contributed by atoms with E-state index in [1.54, 1.807) is 18.4 Å². The Hall–Kier alpha value is -1.82. The minimum absolute atomic E-state index is 0.239. The summed E-state index contributed by atoms with van der Waals surface area (Å²) in [5.41, 5.74) is 7.04. The van der Waals surface area contributed by atoms with Gasteiger partial charge in [-0.05, 0) is 35.7 Å². The number of rotatable bonds is 5. The van der Waals surface area contributed by atoms with E-state index in [9.17, 15) is 0 Å². The Morgan fingerprint density at radius 2 is 2.33 bits per heavy atom. The molecule has 0 saturated heterocycles. The van der Waals surface area contributed by atoms with Crippen molar-refractivity contribution < 1.29 is 4.74 Å². The van der Waals surface area contributed by atoms with Crippen LogP contribution >= 0.6 is 11.3 Å². The Balaban J connectivity index is 2.07. The molecule has 0 radical (unpaired) electrons. The molecule has 0 aliphatic carbocycles. The summed E-state index contributed by atoms with van der Waals surface area (Å²) in [6.07, 6.45) is 2.36. The third-order valence-electron chi connectivity index (χ3n) is 2.54. The second-order valence-corrected chi connectivity index (χ2v) is 4.80. The van der Waals surface area contributed by atoms with Crippen LogP contribution in [-0.2, 0) is 6.42 Å². The first-order valence-corrected chi connectivity index (χ1v) is 6.57. The minimum Gasteiger partial charge on any atom is -0.490 e. The Labute approximate surface area is 110 Å². The molecular weight excluding hydrogens is 248 g/mol. The van der Waals surface area contributed by atoms with Crippen LogP contribution in [0.15, 0.2) is 23.2 Å². The molecule has 0 fully saturated rings. The number of nitrogen functional groups attached to an aromatic ring is 1. The van der Waals surface area contributed by atoms with Crippen molar-refractivity contribution in [2.24, 2.45) is 0 Å². The summed E-state index contributed by atoms with van der Waals surface area (Å²) in [4.78, 5) is 8.05. The largest absolute Gasteiger partial charge is 0.490 e. The van der Waals surface area contributed by atoms with E-state index in [0.717, 1.165) is 6.42 Å². The predicted molar refractivity (Wildman–Crippen MR) is 74.1 cm³/mol. The molecular formula is C12H16N4OS. The van der Waals surface area contributed by atoms with Crippen molar-refractivity contribution in [3.63, 3.8) is 0 Å². The molecule has 18 heavy (non-hydrogen) atoms. The molecule has 0 aromatic carbocycles. The molecule has 1 atom stereocenters. The van der Waals surface area contributed by atoms with Gasteiger partial charge in [-0.1, -0.05) is 0 Å². The Kier molecular flexibility index (Phi) is 3.99. The highest BCUT2D eigenvalue weighted by atomic mass is 32.1. The topological polar surface area (TPSA) is 73.1 Å². The molecule has 0 aliphatic heterocycles. The zero-order valence-electron chi connectivity index (χ0n) is 10.4. The average molecular weight is 264 g/mol. The molecule has 6 heteroatoms. The van der Waals surface area contributed by atoms with E-state index in [2.05, 4.69) is 39.0 Å². The predicted octanol–water partition coefficient (Wildman–Crippen LogP) is 2.17. The highest BCUT2D eigenvalue weighted by Gasteiger charge is 2.12. The molecule has 0 aliphatic rings. The van der Waals surface area contributed by atoms with Crippen LogP contribution in [-0.4, -0.2) is 23.1 Å². The summed E-state index contributed by atoms with van der Waals surface area (Å²) in [6, 6.07) is 2.36. The van der Waals surface area contributed by atoms with Gasteiger partial charge in [0.1, 0.15) is 6.33 Å². The zero-order valence-corrected chi connectivity index (χ0v) is 11.2. The van der Waals surface area contributed by atoms with E-state index >= 15 is 0 Å². The second kappa shape index (κ2) is 5.68. The molecule has 0 saturated carbocycles. The van der Waals surface area contributed by atoms with Gasteiger partial charge in [0.05, 0.1) is 7.11 Å². The standard InChI is InChI=1S/C12H16N4OS/c1-8(5-9-3-4-18-6-9)16-12-10(17-2)11(13)14-7-15-12/h3-4,6-8H,5H2,1-2H3,(H3,13,14,15,16). The average Bonchev–Trinajstić information content (AvgIpc) is 2.82. The van der Waals surface area contributed by atoms with Gasteiger partial charge in [-0.25, -0.2) is 9.97 Å². The number of nitrogens with zero attached hydrogens (tertiary/aromatic N) is 2. The van der Waals surface area contributed by atoms with E-state index in [1.165, 1.54) is 11.9 Å². The molecule has 2 aromatic rings. The number of thiophene rings is 1. The maximum Gasteiger partial charge on any atom is 0.203 e. The molecule has 1 unspecified atom stereocenters. The van der Waals surface area contributed by atoms with Crippen LogP contribution in [0, 0.1) is 0 Å². The lowest BCUT2D eigenvalue weighted by atomic mass is 10.1. The number of anilines is 2. The third kappa shape index (κ3) is 2.89. The summed E-state index contributed by atoms with van der Waals surface area (Å²) in [5, 5.41) is 7.51. The molecule has 0 bridgehead atoms. The quantitative estimate of drug-likeness (QED) is 0.866. The van der Waals surface area contributed by atoms with Crippen molar-refractivity contribution in [2.45, 2.75) is 19.4 Å². The van der Waals surface area contributed by atoms with Gasteiger partial charge in [-0.15, -0.1) is 0 Å². The number of hydrogen-bond acceptors (Lipinski definition) is 6. The van der Waals surface area contributed by atoms with Crippen LogP contribution in [0.3, 0.4) is 0 Å². The highest BCUT2D eigenvalue weighted by molar-refractivity contribution is 7.07. The first kappa shape index (κ1) is 12.6. The summed E-state index contributed by atoms with van der Waals surface area (Å²) in [7, 11) is 1.56. The summed E-state index contributed by atoms with van der Waals surface area (Å²) in [5.74, 6) is 1.47. The number of hydrogen-bond donors (Lipinski definition) is 2. The number of methoxy groups -OCH3 is 1. The van der Waals surface area contributed by atoms with Crippen LogP contribution < -0.4 is 15.8 Å². The van der Waals surface area contributed by atoms with E-state index in [0.29, 0.717) is 17.4 Å². The van der Waals surface area contributed by atoms with Gasteiger partial charge in [0.25, 0.3) is 0 Å². The number of nitrogens with two attached hydrogens (primary N) is 1. The number of ether oxygens (including phenoxy) is 1. The van der Waals surface area contributed by atoms with Crippen LogP contribution in [0.2, 0.25) is 0 Å². The molecule has 0 amide bonds. The SMILES string of the molecule is COc1c(N)ncnc1NC(C)Cc1ccsc1. The minimum atomic E-state index is 0.239. The molecule has 3 N–H and O–H groups in total. The van der Waals surface area contributed by atoms with Crippen molar-refractivity contribution >= 4 is 23.0 Å². The normalized spacial score (nSPS) is 12.1. The third-order valence-corrected chi connectivity index (χ3v) is 3.27. The van der Waals surface area contributed by atoms with Crippen molar-refractivity contribution in [3.05, 3.63) is 28.7 Å². The van der Waals surface area contributed by atoms with E-state index < -0.39 is 0 Å². The van der Waals surface area contributed by atoms with Gasteiger partial charge in [0.15, 0.2) is 11.6 Å². The van der Waals surface area contributed by atoms with E-state index in [-0.39, 0.29) is 6.04 Å². The summed E-state index contributed by atoms with van der Waals surface area (Å²) < 4.78 is 5.20. The summed E-state index contributed by atoms with van der Waals surface area (Å²) >= 11 is 1.70. The lowest BCUT2D eigenvalue weighted by Crippen LogP contribution is -2.19. The number of aromatic nitrogens is 2. The Bertz CT molecular complexity index is 501. The first-order valence-electron chi connectivity index (χ1n) is 5.62. The molecule has 2 heterocycles. The zero-order chi connectivity index (χ0) is 13.0. The van der Waals surface area contributed by atoms with Gasteiger partial charge in [0.2, 0.25) is 5.75 Å². The maximum atomic E-state index is 5.73. The van der Waals surface area contributed by atoms with Gasteiger partial charge in [-0.3, -0.25) is 0 Å². The van der Waals surface area contributed by atoms with Gasteiger partial charge in [0, 0.05) is 6.04 Å². The van der Waals surface area contributed by atoms with Crippen LogP contribution in [0.5, 0.6) is 5.75 Å². The molecule has 0 spiro atoms. The molecule has 2 rings (SSSR count). The lowest BCUT2D eigenvalue weighted by molar-refractivity contribution is 0.414. The fourth-order valence-electron chi connectivity index (χ4n) is 1.74. The molecule has 96 valence electrons. The molecule has 2 aromatic heterocycles. The van der Waals surface area contributed by atoms with Crippen LogP contribution in [0.1, 0.15) is 12.5 Å². The van der Waals surface area contributed by atoms with Crippen molar-refractivity contribution in [1.82, 2.24) is 9.97 Å². The van der Waals surface area contributed by atoms with Crippen molar-refractivity contribution in [3.8, 4) is 5.75 Å². The van der Waals surface area contributed by atoms with E-state index in [4.69, 9.17) is 10.5 Å². The monoisotopic (exact) mass is 264 g/mol. The Morgan fingerprint density at radius 1 is 1.50 bits per heavy atom. The Morgan fingerprint density at radius 3 is 3.00 bits per heavy atom. The number of nitrogens with one attached hydrogen (secondary N) is 1. The van der Waals surface area contributed by atoms with Crippen molar-refractivity contribution in [1.29, 1.82) is 0 Å². The fraction of sp³-hybridized carbons (Fsp3) is 0.333. The smallest absolute Gasteiger partial charge is 0.203 e. The van der Waals surface area contributed by atoms with E-state index in [1.807, 2.05) is 0 Å². The fourth-order valence-corrected chi connectivity index (χ4v) is 2.42. The second-order valence-electron chi connectivity index (χ2n) is 4.02. The molecule has 5 nitrogen and oxygen atoms in total. The summed E-state index contributed by atoms with van der Waals surface area (Å²) in [6.45, 7) is 2.09. The van der Waals surface area contributed by atoms with Crippen molar-refractivity contribution in [2.75, 3.05) is 18.2 Å². The van der Waals surface area contributed by atoms with Crippen LogP contribution in [0.4, 0.5) is 11.6 Å².